The van der Waals surface area contributed by atoms with Crippen molar-refractivity contribution in [2.24, 2.45) is 0 Å². The van der Waals surface area contributed by atoms with Crippen molar-refractivity contribution in [3.8, 4) is 28.4 Å². The summed E-state index contributed by atoms with van der Waals surface area (Å²) in [6.07, 6.45) is -0.197. The van der Waals surface area contributed by atoms with Gasteiger partial charge in [0.05, 0.1) is 23.0 Å². The summed E-state index contributed by atoms with van der Waals surface area (Å²) in [4.78, 5) is 17.6. The first-order valence-corrected chi connectivity index (χ1v) is 12.6. The molecular formula is C32H21F3N4O2. The Morgan fingerprint density at radius 1 is 0.805 bits per heavy atom. The number of ether oxygens (including phenoxy) is 1. The Morgan fingerprint density at radius 3 is 2.34 bits per heavy atom. The van der Waals surface area contributed by atoms with Gasteiger partial charge < -0.3 is 10.1 Å². The van der Waals surface area contributed by atoms with Crippen LogP contribution >= 0.6 is 0 Å². The van der Waals surface area contributed by atoms with E-state index in [0.717, 1.165) is 28.6 Å². The first kappa shape index (κ1) is 25.8. The largest absolute Gasteiger partial charge is 0.456 e. The zero-order chi connectivity index (χ0) is 28.4. The Balaban J connectivity index is 1.40. The quantitative estimate of drug-likeness (QED) is 0.227. The molecule has 0 bridgehead atoms. The minimum absolute atomic E-state index is 0.0827. The molecule has 0 radical (unpaired) electrons. The predicted molar refractivity (Wildman–Crippen MR) is 150 cm³/mol. The molecule has 0 aliphatic rings. The molecule has 4 aromatic carbocycles. The Bertz CT molecular complexity index is 1850. The lowest BCUT2D eigenvalue weighted by Gasteiger charge is -2.14. The minimum atomic E-state index is -4.66. The number of pyridine rings is 1. The molecule has 0 unspecified atom stereocenters. The molecule has 0 spiro atoms. The number of nitrogens with zero attached hydrogens (tertiary/aromatic N) is 3. The molecule has 41 heavy (non-hydrogen) atoms. The summed E-state index contributed by atoms with van der Waals surface area (Å²) in [5.74, 6) is -0.466. The van der Waals surface area contributed by atoms with Gasteiger partial charge in [0, 0.05) is 29.7 Å². The van der Waals surface area contributed by atoms with Gasteiger partial charge in [0.25, 0.3) is 5.91 Å². The molecule has 0 saturated heterocycles. The van der Waals surface area contributed by atoms with Crippen molar-refractivity contribution in [2.75, 3.05) is 5.32 Å². The Morgan fingerprint density at radius 2 is 1.59 bits per heavy atom. The average Bonchev–Trinajstić information content (AvgIpc) is 3.43. The zero-order valence-corrected chi connectivity index (χ0v) is 21.3. The van der Waals surface area contributed by atoms with Crippen LogP contribution < -0.4 is 10.1 Å². The fourth-order valence-electron chi connectivity index (χ4n) is 4.44. The lowest BCUT2D eigenvalue weighted by Crippen LogP contribution is -2.14. The second-order valence-corrected chi connectivity index (χ2v) is 9.22. The molecule has 0 aliphatic carbocycles. The summed E-state index contributed by atoms with van der Waals surface area (Å²) >= 11 is 0. The molecule has 0 fully saturated rings. The van der Waals surface area contributed by atoms with Crippen molar-refractivity contribution in [1.29, 1.82) is 0 Å². The summed E-state index contributed by atoms with van der Waals surface area (Å²) in [5.41, 5.74) is 0.935. The molecule has 9 heteroatoms. The van der Waals surface area contributed by atoms with E-state index < -0.39 is 17.6 Å². The van der Waals surface area contributed by atoms with Crippen LogP contribution in [0.1, 0.15) is 15.9 Å². The second kappa shape index (κ2) is 10.6. The van der Waals surface area contributed by atoms with Crippen LogP contribution in [-0.4, -0.2) is 20.7 Å². The Labute approximate surface area is 232 Å². The number of anilines is 1. The van der Waals surface area contributed by atoms with Gasteiger partial charge in [0.15, 0.2) is 0 Å². The maximum Gasteiger partial charge on any atom is 0.416 e. The summed E-state index contributed by atoms with van der Waals surface area (Å²) in [6, 6.07) is 29.0. The highest BCUT2D eigenvalue weighted by Gasteiger charge is 2.32. The summed E-state index contributed by atoms with van der Waals surface area (Å²) in [5, 5.41) is 9.30. The van der Waals surface area contributed by atoms with E-state index in [1.165, 1.54) is 18.5 Å². The lowest BCUT2D eigenvalue weighted by atomic mass is 10.0. The van der Waals surface area contributed by atoms with Crippen molar-refractivity contribution in [3.63, 3.8) is 0 Å². The van der Waals surface area contributed by atoms with Crippen LogP contribution in [0.4, 0.5) is 18.9 Å². The number of nitrogens with one attached hydrogen (secondary N) is 1. The van der Waals surface area contributed by atoms with Crippen molar-refractivity contribution in [1.82, 2.24) is 14.8 Å². The number of carbonyl (C=O) groups is 1. The van der Waals surface area contributed by atoms with Crippen LogP contribution in [0, 0.1) is 0 Å². The first-order chi connectivity index (χ1) is 19.8. The van der Waals surface area contributed by atoms with Crippen LogP contribution in [0.25, 0.3) is 27.7 Å². The van der Waals surface area contributed by atoms with Crippen molar-refractivity contribution >= 4 is 22.4 Å². The molecule has 6 nitrogen and oxygen atoms in total. The molecule has 1 amide bonds. The van der Waals surface area contributed by atoms with Gasteiger partial charge in [-0.05, 0) is 53.2 Å². The molecule has 0 saturated carbocycles. The van der Waals surface area contributed by atoms with E-state index in [9.17, 15) is 18.0 Å². The van der Waals surface area contributed by atoms with Gasteiger partial charge in [-0.25, -0.2) is 4.68 Å². The Kier molecular flexibility index (Phi) is 6.68. The van der Waals surface area contributed by atoms with Crippen LogP contribution in [-0.2, 0) is 6.18 Å². The van der Waals surface area contributed by atoms with Gasteiger partial charge in [-0.2, -0.15) is 18.3 Å². The maximum absolute atomic E-state index is 13.8. The first-order valence-electron chi connectivity index (χ1n) is 12.6. The van der Waals surface area contributed by atoms with Crippen molar-refractivity contribution < 1.29 is 22.7 Å². The van der Waals surface area contributed by atoms with Gasteiger partial charge in [-0.3, -0.25) is 9.78 Å². The monoisotopic (exact) mass is 550 g/mol. The fourth-order valence-corrected chi connectivity index (χ4v) is 4.44. The summed E-state index contributed by atoms with van der Waals surface area (Å²) in [7, 11) is 0. The molecule has 202 valence electrons. The van der Waals surface area contributed by atoms with E-state index in [1.807, 2.05) is 72.8 Å². The van der Waals surface area contributed by atoms with Crippen LogP contribution in [0.3, 0.4) is 0 Å². The molecule has 1 N–H and O–H groups in total. The third kappa shape index (κ3) is 5.65. The van der Waals surface area contributed by atoms with E-state index in [2.05, 4.69) is 10.3 Å². The number of halogens is 3. The SMILES string of the molecule is O=C(Nc1cc(Oc2cccnc2)cc(C(F)(F)F)c1)c1cn(-c2ccccc2)nc1-c1ccc2ccccc2c1. The van der Waals surface area contributed by atoms with Gasteiger partial charge in [-0.15, -0.1) is 0 Å². The second-order valence-electron chi connectivity index (χ2n) is 9.22. The molecule has 2 aromatic heterocycles. The third-order valence-electron chi connectivity index (χ3n) is 6.36. The van der Waals surface area contributed by atoms with E-state index in [4.69, 9.17) is 9.84 Å². The number of amides is 1. The zero-order valence-electron chi connectivity index (χ0n) is 21.3. The molecule has 2 heterocycles. The standard InChI is InChI=1S/C32H21F3N4O2/c33-32(34,35)24-16-25(18-28(17-24)41-27-11-6-14-36-19-27)37-31(40)29-20-39(26-9-2-1-3-10-26)38-30(29)23-13-12-21-7-4-5-8-22(21)15-23/h1-20H,(H,37,40). The number of para-hydroxylation sites is 1. The fraction of sp³-hybridized carbons (Fsp3) is 0.0312. The van der Waals surface area contributed by atoms with E-state index >= 15 is 0 Å². The number of benzene rings is 4. The lowest BCUT2D eigenvalue weighted by molar-refractivity contribution is -0.137. The number of hydrogen-bond acceptors (Lipinski definition) is 4. The highest BCUT2D eigenvalue weighted by Crippen LogP contribution is 2.36. The van der Waals surface area contributed by atoms with Crippen LogP contribution in [0.2, 0.25) is 0 Å². The maximum atomic E-state index is 13.8. The number of alkyl halides is 3. The van der Waals surface area contributed by atoms with Crippen molar-refractivity contribution in [3.05, 3.63) is 133 Å². The van der Waals surface area contributed by atoms with E-state index in [1.54, 1.807) is 23.0 Å². The molecular weight excluding hydrogens is 529 g/mol. The molecule has 6 aromatic rings. The number of hydrogen-bond donors (Lipinski definition) is 1. The predicted octanol–water partition coefficient (Wildman–Crippen LogP) is 8.15. The third-order valence-corrected chi connectivity index (χ3v) is 6.36. The molecule has 0 atom stereocenters. The summed E-state index contributed by atoms with van der Waals surface area (Å²) in [6.45, 7) is 0. The van der Waals surface area contributed by atoms with Gasteiger partial charge in [0.2, 0.25) is 0 Å². The number of fused-ring (bicyclic) bond motifs is 1. The van der Waals surface area contributed by atoms with E-state index in [0.29, 0.717) is 11.3 Å². The number of aromatic nitrogens is 3. The number of carbonyl (C=O) groups excluding carboxylic acids is 1. The van der Waals surface area contributed by atoms with Crippen LogP contribution in [0.15, 0.2) is 122 Å². The topological polar surface area (TPSA) is 69.0 Å². The van der Waals surface area contributed by atoms with Gasteiger partial charge in [-0.1, -0.05) is 54.6 Å². The highest BCUT2D eigenvalue weighted by atomic mass is 19.4. The minimum Gasteiger partial charge on any atom is -0.456 e. The highest BCUT2D eigenvalue weighted by molar-refractivity contribution is 6.08. The Hall–Kier alpha value is -5.44. The van der Waals surface area contributed by atoms with E-state index in [-0.39, 0.29) is 22.7 Å². The van der Waals surface area contributed by atoms with Gasteiger partial charge >= 0.3 is 6.18 Å². The summed E-state index contributed by atoms with van der Waals surface area (Å²) < 4.78 is 48.5. The van der Waals surface area contributed by atoms with Crippen molar-refractivity contribution in [2.45, 2.75) is 6.18 Å². The van der Waals surface area contributed by atoms with Crippen LogP contribution in [0.5, 0.6) is 11.5 Å². The normalized spacial score (nSPS) is 11.4. The van der Waals surface area contributed by atoms with Gasteiger partial charge in [0.1, 0.15) is 17.2 Å². The molecule has 6 rings (SSSR count). The molecule has 0 aliphatic heterocycles. The smallest absolute Gasteiger partial charge is 0.416 e. The average molecular weight is 551 g/mol. The number of rotatable bonds is 6.